The molecule has 5 heteroatoms. The van der Waals surface area contributed by atoms with Crippen molar-refractivity contribution in [2.45, 2.75) is 51.7 Å². The molecule has 3 rings (SSSR count). The predicted octanol–water partition coefficient (Wildman–Crippen LogP) is 4.45. The maximum absolute atomic E-state index is 12.3. The van der Waals surface area contributed by atoms with Gasteiger partial charge < -0.3 is 9.31 Å². The fourth-order valence-electron chi connectivity index (χ4n) is 2.86. The first-order valence-electron chi connectivity index (χ1n) is 8.91. The second-order valence-corrected chi connectivity index (χ2v) is 8.20. The van der Waals surface area contributed by atoms with Gasteiger partial charge in [-0.1, -0.05) is 35.9 Å². The van der Waals surface area contributed by atoms with Crippen molar-refractivity contribution in [3.63, 3.8) is 0 Å². The number of benzene rings is 2. The molecule has 0 bridgehead atoms. The molecule has 0 radical (unpaired) electrons. The Morgan fingerprint density at radius 1 is 0.923 bits per heavy atom. The molecule has 0 spiro atoms. The van der Waals surface area contributed by atoms with Gasteiger partial charge in [-0.2, -0.15) is 0 Å². The van der Waals surface area contributed by atoms with E-state index in [2.05, 4.69) is 0 Å². The third kappa shape index (κ3) is 4.03. The normalized spacial score (nSPS) is 18.1. The van der Waals surface area contributed by atoms with Crippen molar-refractivity contribution in [2.24, 2.45) is 0 Å². The van der Waals surface area contributed by atoms with Crippen LogP contribution >= 0.6 is 11.6 Å². The summed E-state index contributed by atoms with van der Waals surface area (Å²) in [6.45, 7) is 8.18. The zero-order valence-corrected chi connectivity index (χ0v) is 16.5. The molecule has 2 aromatic carbocycles. The Morgan fingerprint density at radius 3 is 2.00 bits per heavy atom. The number of aryl methyl sites for hydroxylation is 1. The van der Waals surface area contributed by atoms with E-state index in [-0.39, 0.29) is 24.1 Å². The Kier molecular flexibility index (Phi) is 5.29. The van der Waals surface area contributed by atoms with Crippen LogP contribution < -0.4 is 5.46 Å². The van der Waals surface area contributed by atoms with E-state index in [1.165, 1.54) is 0 Å². The summed E-state index contributed by atoms with van der Waals surface area (Å²) in [5, 5.41) is 0.639. The summed E-state index contributed by atoms with van der Waals surface area (Å²) in [5.41, 5.74) is 2.12. The van der Waals surface area contributed by atoms with E-state index in [1.807, 2.05) is 52.0 Å². The number of hydrogen-bond acceptors (Lipinski definition) is 3. The minimum absolute atomic E-state index is 0.122. The lowest BCUT2D eigenvalue weighted by atomic mass is 9.78. The SMILES string of the molecule is CC1(C)OB(c2ccc(CCC(=O)c3ccc(Cl)cc3)cc2)OC1(C)C. The lowest BCUT2D eigenvalue weighted by Gasteiger charge is -2.32. The Bertz CT molecular complexity index is 766. The number of Topliss-reactive ketones (excluding diaryl/α,β-unsaturated/α-hetero) is 1. The maximum Gasteiger partial charge on any atom is 0.494 e. The van der Waals surface area contributed by atoms with Crippen LogP contribution in [0.1, 0.15) is 50.0 Å². The van der Waals surface area contributed by atoms with E-state index >= 15 is 0 Å². The number of carbonyl (C=O) groups excluding carboxylic acids is 1. The highest BCUT2D eigenvalue weighted by Crippen LogP contribution is 2.36. The van der Waals surface area contributed by atoms with Gasteiger partial charge in [0, 0.05) is 17.0 Å². The molecule has 1 heterocycles. The largest absolute Gasteiger partial charge is 0.494 e. The molecular weight excluding hydrogens is 346 g/mol. The minimum atomic E-state index is -0.357. The molecule has 0 aromatic heterocycles. The van der Waals surface area contributed by atoms with Crippen molar-refractivity contribution in [3.8, 4) is 0 Å². The van der Waals surface area contributed by atoms with E-state index in [4.69, 9.17) is 20.9 Å². The number of carbonyl (C=O) groups is 1. The van der Waals surface area contributed by atoms with E-state index in [0.717, 1.165) is 11.0 Å². The van der Waals surface area contributed by atoms with Crippen LogP contribution in [0.5, 0.6) is 0 Å². The second-order valence-electron chi connectivity index (χ2n) is 7.76. The molecular formula is C21H24BClO3. The molecule has 26 heavy (non-hydrogen) atoms. The van der Waals surface area contributed by atoms with Gasteiger partial charge in [-0.25, -0.2) is 0 Å². The molecule has 1 aliphatic rings. The minimum Gasteiger partial charge on any atom is -0.399 e. The lowest BCUT2D eigenvalue weighted by molar-refractivity contribution is 0.00578. The first-order chi connectivity index (χ1) is 12.2. The standard InChI is InChI=1S/C21H24BClO3/c1-20(2)21(3,4)26-22(25-20)17-10-5-15(6-11-17)7-14-19(24)16-8-12-18(23)13-9-16/h5-6,8-13H,7,14H2,1-4H3. The predicted molar refractivity (Wildman–Crippen MR) is 106 cm³/mol. The van der Waals surface area contributed by atoms with Crippen LogP contribution in [0.15, 0.2) is 48.5 Å². The van der Waals surface area contributed by atoms with Crippen LogP contribution in [0.3, 0.4) is 0 Å². The smallest absolute Gasteiger partial charge is 0.399 e. The second kappa shape index (κ2) is 7.18. The van der Waals surface area contributed by atoms with Crippen molar-refractivity contribution >= 4 is 30.0 Å². The Balaban J connectivity index is 1.60. The zero-order valence-electron chi connectivity index (χ0n) is 15.7. The highest BCUT2D eigenvalue weighted by molar-refractivity contribution is 6.62. The number of rotatable bonds is 5. The van der Waals surface area contributed by atoms with Crippen molar-refractivity contribution in [2.75, 3.05) is 0 Å². The van der Waals surface area contributed by atoms with Gasteiger partial charge in [0.1, 0.15) is 0 Å². The van der Waals surface area contributed by atoms with Gasteiger partial charge in [0.2, 0.25) is 0 Å². The van der Waals surface area contributed by atoms with Crippen molar-refractivity contribution < 1.29 is 14.1 Å². The third-order valence-corrected chi connectivity index (χ3v) is 5.56. The first kappa shape index (κ1) is 19.2. The van der Waals surface area contributed by atoms with Gasteiger partial charge >= 0.3 is 7.12 Å². The van der Waals surface area contributed by atoms with Crippen LogP contribution in [0.25, 0.3) is 0 Å². The fraction of sp³-hybridized carbons (Fsp3) is 0.381. The third-order valence-electron chi connectivity index (χ3n) is 5.31. The highest BCUT2D eigenvalue weighted by atomic mass is 35.5. The molecule has 0 atom stereocenters. The molecule has 3 nitrogen and oxygen atoms in total. The molecule has 136 valence electrons. The van der Waals surface area contributed by atoms with E-state index < -0.39 is 0 Å². The van der Waals surface area contributed by atoms with Crippen molar-refractivity contribution in [1.29, 1.82) is 0 Å². The molecule has 1 aliphatic heterocycles. The average molecular weight is 371 g/mol. The Labute approximate surface area is 160 Å². The zero-order chi connectivity index (χ0) is 18.9. The van der Waals surface area contributed by atoms with E-state index in [9.17, 15) is 4.79 Å². The van der Waals surface area contributed by atoms with Crippen LogP contribution in [-0.2, 0) is 15.7 Å². The monoisotopic (exact) mass is 370 g/mol. The van der Waals surface area contributed by atoms with E-state index in [1.54, 1.807) is 24.3 Å². The molecule has 0 unspecified atom stereocenters. The summed E-state index contributed by atoms with van der Waals surface area (Å²) in [6, 6.07) is 15.1. The summed E-state index contributed by atoms with van der Waals surface area (Å²) in [6.07, 6.45) is 1.17. The van der Waals surface area contributed by atoms with Crippen molar-refractivity contribution in [3.05, 3.63) is 64.7 Å². The highest BCUT2D eigenvalue weighted by Gasteiger charge is 2.51. The molecule has 0 aliphatic carbocycles. The number of halogens is 1. The molecule has 2 aromatic rings. The van der Waals surface area contributed by atoms with Crippen LogP contribution in [0.4, 0.5) is 0 Å². The summed E-state index contributed by atoms with van der Waals surface area (Å²) in [5.74, 6) is 0.122. The summed E-state index contributed by atoms with van der Waals surface area (Å²) in [7, 11) is -0.357. The van der Waals surface area contributed by atoms with Gasteiger partial charge in [-0.3, -0.25) is 4.79 Å². The van der Waals surface area contributed by atoms with E-state index in [0.29, 0.717) is 23.4 Å². The number of hydrogen-bond donors (Lipinski definition) is 0. The Morgan fingerprint density at radius 2 is 1.46 bits per heavy atom. The van der Waals surface area contributed by atoms with Crippen molar-refractivity contribution in [1.82, 2.24) is 0 Å². The van der Waals surface area contributed by atoms with Crippen LogP contribution in [0, 0.1) is 0 Å². The topological polar surface area (TPSA) is 35.5 Å². The molecule has 0 amide bonds. The van der Waals surface area contributed by atoms with Crippen LogP contribution in [0.2, 0.25) is 5.02 Å². The quantitative estimate of drug-likeness (QED) is 0.576. The molecule has 0 N–H and O–H groups in total. The summed E-state index contributed by atoms with van der Waals surface area (Å²) in [4.78, 5) is 12.3. The van der Waals surface area contributed by atoms with Gasteiger partial charge in [0.15, 0.2) is 5.78 Å². The van der Waals surface area contributed by atoms with Crippen LogP contribution in [-0.4, -0.2) is 24.1 Å². The average Bonchev–Trinajstić information content (AvgIpc) is 2.81. The fourth-order valence-corrected chi connectivity index (χ4v) is 2.98. The maximum atomic E-state index is 12.3. The summed E-state index contributed by atoms with van der Waals surface area (Å²) >= 11 is 5.86. The molecule has 0 saturated carbocycles. The van der Waals surface area contributed by atoms with Gasteiger partial charge in [-0.05, 0) is 69.4 Å². The Hall–Kier alpha value is -1.62. The lowest BCUT2D eigenvalue weighted by Crippen LogP contribution is -2.41. The molecule has 1 saturated heterocycles. The van der Waals surface area contributed by atoms with Gasteiger partial charge in [-0.15, -0.1) is 0 Å². The summed E-state index contributed by atoms with van der Waals surface area (Å²) < 4.78 is 12.1. The van der Waals surface area contributed by atoms with Gasteiger partial charge in [0.05, 0.1) is 11.2 Å². The first-order valence-corrected chi connectivity index (χ1v) is 9.29. The number of ketones is 1. The van der Waals surface area contributed by atoms with Gasteiger partial charge in [0.25, 0.3) is 0 Å². The molecule has 1 fully saturated rings.